The molecule has 0 heterocycles. The van der Waals surface area contributed by atoms with Crippen LogP contribution in [0.25, 0.3) is 0 Å². The Bertz CT molecular complexity index is 475. The highest BCUT2D eigenvalue weighted by molar-refractivity contribution is 6.29. The van der Waals surface area contributed by atoms with Gasteiger partial charge in [0.2, 0.25) is 0 Å². The maximum absolute atomic E-state index is 12.4. The zero-order valence-electron chi connectivity index (χ0n) is 8.61. The lowest BCUT2D eigenvalue weighted by molar-refractivity contribution is -0.137. The van der Waals surface area contributed by atoms with Gasteiger partial charge in [0.15, 0.2) is 0 Å². The van der Waals surface area contributed by atoms with Crippen molar-refractivity contribution in [3.8, 4) is 6.07 Å². The second kappa shape index (κ2) is 5.11. The molecular formula is C11H8ClF3N2. The minimum absolute atomic E-state index is 0.0854. The van der Waals surface area contributed by atoms with E-state index in [1.807, 2.05) is 0 Å². The van der Waals surface area contributed by atoms with Crippen molar-refractivity contribution >= 4 is 17.3 Å². The number of nitriles is 1. The highest BCUT2D eigenvalue weighted by Crippen LogP contribution is 2.31. The number of anilines is 1. The molecule has 1 aromatic rings. The molecule has 0 unspecified atom stereocenters. The molecule has 90 valence electrons. The molecule has 2 nitrogen and oxygen atoms in total. The molecule has 0 aliphatic rings. The van der Waals surface area contributed by atoms with Crippen LogP contribution in [0.1, 0.15) is 11.1 Å². The number of hydrogen-bond donors (Lipinski definition) is 1. The third-order valence-electron chi connectivity index (χ3n) is 1.94. The smallest absolute Gasteiger partial charge is 0.379 e. The van der Waals surface area contributed by atoms with Crippen LogP contribution < -0.4 is 5.32 Å². The quantitative estimate of drug-likeness (QED) is 0.899. The molecule has 0 aliphatic carbocycles. The van der Waals surface area contributed by atoms with Gasteiger partial charge in [-0.2, -0.15) is 18.4 Å². The van der Waals surface area contributed by atoms with Crippen molar-refractivity contribution < 1.29 is 13.2 Å². The van der Waals surface area contributed by atoms with E-state index < -0.39 is 11.7 Å². The first-order valence-corrected chi connectivity index (χ1v) is 4.91. The van der Waals surface area contributed by atoms with E-state index >= 15 is 0 Å². The molecule has 0 spiro atoms. The van der Waals surface area contributed by atoms with Crippen molar-refractivity contribution in [2.24, 2.45) is 0 Å². The van der Waals surface area contributed by atoms with Gasteiger partial charge in [0.05, 0.1) is 23.4 Å². The molecule has 0 saturated heterocycles. The largest absolute Gasteiger partial charge is 0.416 e. The minimum atomic E-state index is -4.46. The van der Waals surface area contributed by atoms with Crippen LogP contribution in [0.3, 0.4) is 0 Å². The molecule has 0 atom stereocenters. The van der Waals surface area contributed by atoms with Gasteiger partial charge in [0.1, 0.15) is 6.07 Å². The predicted molar refractivity (Wildman–Crippen MR) is 59.6 cm³/mol. The molecule has 0 aliphatic heterocycles. The van der Waals surface area contributed by atoms with Crippen LogP contribution in [0.2, 0.25) is 0 Å². The maximum Gasteiger partial charge on any atom is 0.416 e. The molecule has 1 rings (SSSR count). The van der Waals surface area contributed by atoms with Crippen molar-refractivity contribution in [3.05, 3.63) is 40.9 Å². The summed E-state index contributed by atoms with van der Waals surface area (Å²) < 4.78 is 37.2. The molecule has 1 aromatic carbocycles. The molecule has 0 aromatic heterocycles. The molecule has 0 radical (unpaired) electrons. The number of nitrogens with one attached hydrogen (secondary N) is 1. The summed E-state index contributed by atoms with van der Waals surface area (Å²) in [6, 6.07) is 4.59. The zero-order valence-corrected chi connectivity index (χ0v) is 9.36. The van der Waals surface area contributed by atoms with Gasteiger partial charge >= 0.3 is 6.18 Å². The third kappa shape index (κ3) is 3.68. The highest BCUT2D eigenvalue weighted by Gasteiger charge is 2.30. The summed E-state index contributed by atoms with van der Waals surface area (Å²) in [5, 5.41) is 11.8. The first kappa shape index (κ1) is 13.4. The van der Waals surface area contributed by atoms with Gasteiger partial charge in [-0.1, -0.05) is 18.2 Å². The molecule has 6 heteroatoms. The van der Waals surface area contributed by atoms with Crippen LogP contribution in [0.15, 0.2) is 29.8 Å². The minimum Gasteiger partial charge on any atom is -0.379 e. The first-order chi connectivity index (χ1) is 7.84. The van der Waals surface area contributed by atoms with Gasteiger partial charge in [0, 0.05) is 5.03 Å². The van der Waals surface area contributed by atoms with E-state index in [1.165, 1.54) is 6.07 Å². The monoisotopic (exact) mass is 260 g/mol. The van der Waals surface area contributed by atoms with Crippen molar-refractivity contribution in [1.29, 1.82) is 5.26 Å². The van der Waals surface area contributed by atoms with E-state index in [-0.39, 0.29) is 12.1 Å². The summed E-state index contributed by atoms with van der Waals surface area (Å²) in [6.07, 6.45) is -4.46. The van der Waals surface area contributed by atoms with Gasteiger partial charge in [0.25, 0.3) is 0 Å². The molecule has 17 heavy (non-hydrogen) atoms. The van der Waals surface area contributed by atoms with E-state index in [1.54, 1.807) is 6.07 Å². The van der Waals surface area contributed by atoms with Crippen molar-refractivity contribution in [3.63, 3.8) is 0 Å². The second-order valence-corrected chi connectivity index (χ2v) is 3.78. The maximum atomic E-state index is 12.4. The first-order valence-electron chi connectivity index (χ1n) is 4.53. The summed E-state index contributed by atoms with van der Waals surface area (Å²) in [7, 11) is 0. The zero-order chi connectivity index (χ0) is 13.1. The highest BCUT2D eigenvalue weighted by atomic mass is 35.5. The van der Waals surface area contributed by atoms with Gasteiger partial charge in [-0.3, -0.25) is 0 Å². The van der Waals surface area contributed by atoms with Crippen molar-refractivity contribution in [2.75, 3.05) is 11.9 Å². The predicted octanol–water partition coefficient (Wildman–Crippen LogP) is 3.74. The van der Waals surface area contributed by atoms with E-state index in [4.69, 9.17) is 16.9 Å². The fourth-order valence-corrected chi connectivity index (χ4v) is 1.23. The van der Waals surface area contributed by atoms with Gasteiger partial charge < -0.3 is 5.32 Å². The molecular weight excluding hydrogens is 253 g/mol. The Morgan fingerprint density at radius 1 is 1.47 bits per heavy atom. The molecule has 0 fully saturated rings. The Balaban J connectivity index is 3.03. The second-order valence-electron chi connectivity index (χ2n) is 3.24. The number of benzene rings is 1. The lowest BCUT2D eigenvalue weighted by Gasteiger charge is -2.11. The summed E-state index contributed by atoms with van der Waals surface area (Å²) in [6.45, 7) is 3.60. The molecule has 0 amide bonds. The summed E-state index contributed by atoms with van der Waals surface area (Å²) in [5.41, 5.74) is -0.649. The van der Waals surface area contributed by atoms with Gasteiger partial charge in [-0.25, -0.2) is 0 Å². The normalized spacial score (nSPS) is 10.8. The van der Waals surface area contributed by atoms with Crippen LogP contribution in [0.5, 0.6) is 0 Å². The van der Waals surface area contributed by atoms with E-state index in [9.17, 15) is 13.2 Å². The van der Waals surface area contributed by atoms with Crippen LogP contribution in [-0.2, 0) is 6.18 Å². The fourth-order valence-electron chi connectivity index (χ4n) is 1.16. The Kier molecular flexibility index (Phi) is 4.02. The number of rotatable bonds is 3. The third-order valence-corrected chi connectivity index (χ3v) is 2.07. The molecule has 1 N–H and O–H groups in total. The van der Waals surface area contributed by atoms with E-state index in [2.05, 4.69) is 11.9 Å². The number of alkyl halides is 3. The number of halogens is 4. The average Bonchev–Trinajstić information content (AvgIpc) is 2.24. The SMILES string of the molecule is C=C(Cl)CNc1ccc(C(F)(F)F)cc1C#N. The van der Waals surface area contributed by atoms with Gasteiger partial charge in [-0.15, -0.1) is 0 Å². The Morgan fingerprint density at radius 2 is 2.12 bits per heavy atom. The van der Waals surface area contributed by atoms with Crippen LogP contribution in [-0.4, -0.2) is 6.54 Å². The van der Waals surface area contributed by atoms with Crippen LogP contribution in [0.4, 0.5) is 18.9 Å². The van der Waals surface area contributed by atoms with Crippen LogP contribution >= 0.6 is 11.6 Å². The van der Waals surface area contributed by atoms with Crippen molar-refractivity contribution in [1.82, 2.24) is 0 Å². The Labute approximate surface area is 101 Å². The fraction of sp³-hybridized carbons (Fsp3) is 0.182. The van der Waals surface area contributed by atoms with Crippen molar-refractivity contribution in [2.45, 2.75) is 6.18 Å². The number of hydrogen-bond acceptors (Lipinski definition) is 2. The average molecular weight is 261 g/mol. The summed E-state index contributed by atoms with van der Waals surface area (Å²) >= 11 is 5.51. The van der Waals surface area contributed by atoms with Crippen LogP contribution in [0, 0.1) is 11.3 Å². The lowest BCUT2D eigenvalue weighted by Crippen LogP contribution is -2.07. The van der Waals surface area contributed by atoms with Gasteiger partial charge in [-0.05, 0) is 18.2 Å². The Hall–Kier alpha value is -1.67. The van der Waals surface area contributed by atoms with E-state index in [0.29, 0.717) is 10.7 Å². The molecule has 0 bridgehead atoms. The Morgan fingerprint density at radius 3 is 2.59 bits per heavy atom. The topological polar surface area (TPSA) is 35.8 Å². The standard InChI is InChI=1S/C11H8ClF3N2/c1-7(12)6-17-10-3-2-9(11(13,14)15)4-8(10)5-16/h2-4,17H,1,6H2. The summed E-state index contributed by atoms with van der Waals surface area (Å²) in [5.74, 6) is 0. The van der Waals surface area contributed by atoms with E-state index in [0.717, 1.165) is 12.1 Å². The lowest BCUT2D eigenvalue weighted by atomic mass is 10.1. The summed E-state index contributed by atoms with van der Waals surface area (Å²) in [4.78, 5) is 0. The number of nitrogens with zero attached hydrogens (tertiary/aromatic N) is 1. The molecule has 0 saturated carbocycles.